The predicted octanol–water partition coefficient (Wildman–Crippen LogP) is 2.62. The molecule has 3 heteroatoms. The van der Waals surface area contributed by atoms with Crippen molar-refractivity contribution in [3.63, 3.8) is 0 Å². The van der Waals surface area contributed by atoms with Gasteiger partial charge < -0.3 is 10.1 Å². The fraction of sp³-hybridized carbons (Fsp3) is 0.667. The van der Waals surface area contributed by atoms with Gasteiger partial charge in [-0.15, -0.1) is 0 Å². The maximum absolute atomic E-state index is 6.10. The summed E-state index contributed by atoms with van der Waals surface area (Å²) in [6.45, 7) is 6.88. The number of likely N-dealkylation sites (tertiary alicyclic amines) is 1. The molecule has 0 aliphatic carbocycles. The third kappa shape index (κ3) is 3.78. The lowest BCUT2D eigenvalue weighted by Gasteiger charge is -2.33. The van der Waals surface area contributed by atoms with Crippen LogP contribution in [0.15, 0.2) is 18.2 Å². The third-order valence-electron chi connectivity index (χ3n) is 4.93. The molecule has 1 fully saturated rings. The van der Waals surface area contributed by atoms with Gasteiger partial charge in [0.15, 0.2) is 0 Å². The predicted molar refractivity (Wildman–Crippen MR) is 87.0 cm³/mol. The number of nitrogens with one attached hydrogen (secondary N) is 1. The molecule has 1 saturated heterocycles. The Kier molecular flexibility index (Phi) is 4.81. The van der Waals surface area contributed by atoms with Gasteiger partial charge in [0.25, 0.3) is 0 Å². The molecule has 3 rings (SSSR count). The molecule has 2 heterocycles. The molecular weight excluding hydrogens is 260 g/mol. The molecule has 2 aliphatic heterocycles. The minimum absolute atomic E-state index is 0.357. The first-order valence-electron chi connectivity index (χ1n) is 8.37. The highest BCUT2D eigenvalue weighted by Crippen LogP contribution is 2.30. The van der Waals surface area contributed by atoms with Gasteiger partial charge in [0.05, 0.1) is 0 Å². The van der Waals surface area contributed by atoms with E-state index in [4.69, 9.17) is 4.74 Å². The standard InChI is InChI=1S/C18H28N2O/c1-14-3-4-18-16(11-14)12-17(21-18)13-20-9-6-15(7-10-20)5-8-19-2/h3-4,11,15,17,19H,5-10,12-13H2,1-2H3. The number of hydrogen-bond acceptors (Lipinski definition) is 3. The number of piperidine rings is 1. The van der Waals surface area contributed by atoms with Crippen molar-refractivity contribution in [1.82, 2.24) is 10.2 Å². The fourth-order valence-corrected chi connectivity index (χ4v) is 3.65. The van der Waals surface area contributed by atoms with E-state index in [1.54, 1.807) is 0 Å². The molecule has 21 heavy (non-hydrogen) atoms. The molecule has 1 N–H and O–H groups in total. The van der Waals surface area contributed by atoms with Crippen LogP contribution in [-0.2, 0) is 6.42 Å². The number of aryl methyl sites for hydroxylation is 1. The number of ether oxygens (including phenoxy) is 1. The highest BCUT2D eigenvalue weighted by atomic mass is 16.5. The normalized spacial score (nSPS) is 23.0. The van der Waals surface area contributed by atoms with Crippen LogP contribution in [-0.4, -0.2) is 44.2 Å². The van der Waals surface area contributed by atoms with Crippen LogP contribution in [0.5, 0.6) is 5.75 Å². The van der Waals surface area contributed by atoms with Crippen molar-refractivity contribution >= 4 is 0 Å². The second-order valence-electron chi connectivity index (χ2n) is 6.69. The van der Waals surface area contributed by atoms with Crippen LogP contribution in [0.25, 0.3) is 0 Å². The van der Waals surface area contributed by atoms with Crippen molar-refractivity contribution < 1.29 is 4.74 Å². The summed E-state index contributed by atoms with van der Waals surface area (Å²) in [7, 11) is 2.05. The van der Waals surface area contributed by atoms with E-state index >= 15 is 0 Å². The molecule has 1 atom stereocenters. The largest absolute Gasteiger partial charge is 0.488 e. The van der Waals surface area contributed by atoms with Crippen molar-refractivity contribution in [2.24, 2.45) is 5.92 Å². The van der Waals surface area contributed by atoms with Crippen LogP contribution in [0.3, 0.4) is 0 Å². The Bertz CT molecular complexity index is 466. The Balaban J connectivity index is 1.45. The van der Waals surface area contributed by atoms with E-state index < -0.39 is 0 Å². The summed E-state index contributed by atoms with van der Waals surface area (Å²) in [5.74, 6) is 2.02. The summed E-state index contributed by atoms with van der Waals surface area (Å²) >= 11 is 0. The van der Waals surface area contributed by atoms with Crippen LogP contribution in [0.2, 0.25) is 0 Å². The van der Waals surface area contributed by atoms with E-state index in [2.05, 4.69) is 35.3 Å². The maximum atomic E-state index is 6.10. The molecule has 1 aromatic rings. The number of hydrogen-bond donors (Lipinski definition) is 1. The van der Waals surface area contributed by atoms with E-state index in [0.29, 0.717) is 6.10 Å². The molecule has 1 unspecified atom stereocenters. The molecule has 0 aromatic heterocycles. The van der Waals surface area contributed by atoms with Gasteiger partial charge in [-0.3, -0.25) is 4.90 Å². The lowest BCUT2D eigenvalue weighted by atomic mass is 9.93. The lowest BCUT2D eigenvalue weighted by Crippen LogP contribution is -2.40. The number of rotatable bonds is 5. The van der Waals surface area contributed by atoms with Crippen LogP contribution >= 0.6 is 0 Å². The van der Waals surface area contributed by atoms with Gasteiger partial charge in [-0.25, -0.2) is 0 Å². The molecule has 0 spiro atoms. The second kappa shape index (κ2) is 6.80. The summed E-state index contributed by atoms with van der Waals surface area (Å²) < 4.78 is 6.10. The van der Waals surface area contributed by atoms with Gasteiger partial charge >= 0.3 is 0 Å². The molecule has 0 bridgehead atoms. The first kappa shape index (κ1) is 14.9. The Labute approximate surface area is 128 Å². The smallest absolute Gasteiger partial charge is 0.123 e. The Hall–Kier alpha value is -1.06. The Morgan fingerprint density at radius 2 is 2.10 bits per heavy atom. The zero-order valence-electron chi connectivity index (χ0n) is 13.4. The average molecular weight is 288 g/mol. The summed E-state index contributed by atoms with van der Waals surface area (Å²) in [5.41, 5.74) is 2.73. The minimum atomic E-state index is 0.357. The SMILES string of the molecule is CNCCC1CCN(CC2Cc3cc(C)ccc3O2)CC1. The number of fused-ring (bicyclic) bond motifs is 1. The van der Waals surface area contributed by atoms with E-state index in [-0.39, 0.29) is 0 Å². The van der Waals surface area contributed by atoms with Gasteiger partial charge in [-0.1, -0.05) is 17.7 Å². The molecule has 0 amide bonds. The fourth-order valence-electron chi connectivity index (χ4n) is 3.65. The molecule has 1 aromatic carbocycles. The lowest BCUT2D eigenvalue weighted by molar-refractivity contribution is 0.115. The molecule has 116 valence electrons. The van der Waals surface area contributed by atoms with Crippen molar-refractivity contribution in [2.75, 3.05) is 33.2 Å². The summed E-state index contributed by atoms with van der Waals surface area (Å²) in [6, 6.07) is 6.56. The molecule has 0 saturated carbocycles. The van der Waals surface area contributed by atoms with Gasteiger partial charge in [-0.05, 0) is 70.4 Å². The quantitative estimate of drug-likeness (QED) is 0.901. The van der Waals surface area contributed by atoms with Gasteiger partial charge in [-0.2, -0.15) is 0 Å². The maximum Gasteiger partial charge on any atom is 0.123 e. The van der Waals surface area contributed by atoms with Gasteiger partial charge in [0, 0.05) is 13.0 Å². The zero-order valence-corrected chi connectivity index (χ0v) is 13.4. The van der Waals surface area contributed by atoms with E-state index in [1.165, 1.54) is 43.5 Å². The highest BCUT2D eigenvalue weighted by Gasteiger charge is 2.27. The first-order chi connectivity index (χ1) is 10.2. The topological polar surface area (TPSA) is 24.5 Å². The van der Waals surface area contributed by atoms with Crippen LogP contribution < -0.4 is 10.1 Å². The van der Waals surface area contributed by atoms with Crippen molar-refractivity contribution in [1.29, 1.82) is 0 Å². The molecule has 0 radical (unpaired) electrons. The zero-order chi connectivity index (χ0) is 14.7. The third-order valence-corrected chi connectivity index (χ3v) is 4.93. The van der Waals surface area contributed by atoms with E-state index in [1.807, 2.05) is 7.05 Å². The summed E-state index contributed by atoms with van der Waals surface area (Å²) in [5, 5.41) is 3.27. The van der Waals surface area contributed by atoms with Crippen LogP contribution in [0.4, 0.5) is 0 Å². The Morgan fingerprint density at radius 3 is 2.86 bits per heavy atom. The minimum Gasteiger partial charge on any atom is -0.488 e. The number of nitrogens with zero attached hydrogens (tertiary/aromatic N) is 1. The van der Waals surface area contributed by atoms with Crippen molar-refractivity contribution in [2.45, 2.75) is 38.7 Å². The highest BCUT2D eigenvalue weighted by molar-refractivity contribution is 5.40. The van der Waals surface area contributed by atoms with E-state index in [0.717, 1.165) is 31.2 Å². The van der Waals surface area contributed by atoms with Gasteiger partial charge in [0.2, 0.25) is 0 Å². The van der Waals surface area contributed by atoms with Crippen LogP contribution in [0, 0.1) is 12.8 Å². The van der Waals surface area contributed by atoms with Crippen LogP contribution in [0.1, 0.15) is 30.4 Å². The van der Waals surface area contributed by atoms with Crippen molar-refractivity contribution in [3.05, 3.63) is 29.3 Å². The average Bonchev–Trinajstić information content (AvgIpc) is 2.88. The molecular formula is C18H28N2O. The summed E-state index contributed by atoms with van der Waals surface area (Å²) in [4.78, 5) is 2.60. The van der Waals surface area contributed by atoms with Gasteiger partial charge in [0.1, 0.15) is 11.9 Å². The van der Waals surface area contributed by atoms with E-state index in [9.17, 15) is 0 Å². The second-order valence-corrected chi connectivity index (χ2v) is 6.69. The first-order valence-corrected chi connectivity index (χ1v) is 8.37. The number of benzene rings is 1. The summed E-state index contributed by atoms with van der Waals surface area (Å²) in [6.07, 6.45) is 5.46. The monoisotopic (exact) mass is 288 g/mol. The molecule has 3 nitrogen and oxygen atoms in total. The Morgan fingerprint density at radius 1 is 1.29 bits per heavy atom. The van der Waals surface area contributed by atoms with Crippen molar-refractivity contribution in [3.8, 4) is 5.75 Å². The molecule has 2 aliphatic rings.